The number of nitrogens with one attached hydrogen (secondary N) is 1. The third kappa shape index (κ3) is 2.84. The molecule has 118 valence electrons. The molecular weight excluding hydrogens is 303 g/mol. The largest absolute Gasteiger partial charge is 0.395 e. The van der Waals surface area contributed by atoms with Gasteiger partial charge in [0.1, 0.15) is 11.5 Å². The summed E-state index contributed by atoms with van der Waals surface area (Å²) in [4.78, 5) is 24.8. The van der Waals surface area contributed by atoms with Crippen LogP contribution < -0.4 is 5.32 Å². The molecule has 2 aromatic rings. The van der Waals surface area contributed by atoms with E-state index in [4.69, 9.17) is 5.11 Å². The number of carbonyl (C=O) groups excluding carboxylic acids is 2. The van der Waals surface area contributed by atoms with Crippen LogP contribution in [0.25, 0.3) is 5.69 Å². The molecule has 0 aliphatic carbocycles. The van der Waals surface area contributed by atoms with E-state index in [-0.39, 0.29) is 18.8 Å². The molecule has 1 aliphatic heterocycles. The smallest absolute Gasteiger partial charge is 0.277 e. The minimum Gasteiger partial charge on any atom is -0.395 e. The van der Waals surface area contributed by atoms with E-state index in [2.05, 4.69) is 10.4 Å². The Morgan fingerprint density at radius 3 is 2.83 bits per heavy atom. The Bertz CT molecular complexity index is 786. The van der Waals surface area contributed by atoms with Crippen LogP contribution in [0.4, 0.5) is 10.1 Å². The predicted octanol–water partition coefficient (Wildman–Crippen LogP) is 0.668. The topological polar surface area (TPSA) is 87.5 Å². The molecule has 3 rings (SSSR count). The Morgan fingerprint density at radius 1 is 1.30 bits per heavy atom. The molecule has 0 fully saturated rings. The molecule has 23 heavy (non-hydrogen) atoms. The number of amides is 2. The lowest BCUT2D eigenvalue weighted by atomic mass is 10.2. The van der Waals surface area contributed by atoms with E-state index in [0.29, 0.717) is 11.4 Å². The van der Waals surface area contributed by atoms with Gasteiger partial charge in [0.15, 0.2) is 0 Å². The van der Waals surface area contributed by atoms with Crippen LogP contribution in [0.3, 0.4) is 0 Å². The second kappa shape index (κ2) is 6.01. The third-order valence-electron chi connectivity index (χ3n) is 3.31. The summed E-state index contributed by atoms with van der Waals surface area (Å²) in [6.45, 7) is -0.411. The molecule has 0 unspecified atom stereocenters. The number of aliphatic hydroxyl groups is 1. The fourth-order valence-electron chi connectivity index (χ4n) is 2.27. The molecule has 0 radical (unpaired) electrons. The Kier molecular flexibility index (Phi) is 3.90. The van der Waals surface area contributed by atoms with Gasteiger partial charge in [-0.3, -0.25) is 14.5 Å². The maximum Gasteiger partial charge on any atom is 0.277 e. The molecule has 0 atom stereocenters. The summed E-state index contributed by atoms with van der Waals surface area (Å²) in [5, 5.41) is 15.7. The van der Waals surface area contributed by atoms with Gasteiger partial charge >= 0.3 is 0 Å². The van der Waals surface area contributed by atoms with E-state index < -0.39 is 17.6 Å². The normalized spacial score (nSPS) is 14.3. The number of nitrogens with zero attached hydrogens (tertiary/aromatic N) is 3. The van der Waals surface area contributed by atoms with E-state index in [1.807, 2.05) is 0 Å². The molecule has 0 spiro atoms. The third-order valence-corrected chi connectivity index (χ3v) is 3.31. The Morgan fingerprint density at radius 2 is 2.13 bits per heavy atom. The highest BCUT2D eigenvalue weighted by molar-refractivity contribution is 6.17. The van der Waals surface area contributed by atoms with Gasteiger partial charge in [-0.1, -0.05) is 0 Å². The summed E-state index contributed by atoms with van der Waals surface area (Å²) in [5.74, 6) is -1.59. The van der Waals surface area contributed by atoms with Crippen molar-refractivity contribution in [2.45, 2.75) is 0 Å². The van der Waals surface area contributed by atoms with Gasteiger partial charge in [0, 0.05) is 18.5 Å². The van der Waals surface area contributed by atoms with E-state index in [9.17, 15) is 14.0 Å². The lowest BCUT2D eigenvalue weighted by Gasteiger charge is -2.15. The number of rotatable bonds is 5. The number of halogens is 1. The molecule has 0 saturated carbocycles. The molecule has 0 bridgehead atoms. The fraction of sp³-hybridized carbons (Fsp3) is 0.133. The molecule has 2 N–H and O–H groups in total. The van der Waals surface area contributed by atoms with Crippen molar-refractivity contribution < 1.29 is 19.1 Å². The number of hydrogen-bond acceptors (Lipinski definition) is 5. The first kappa shape index (κ1) is 14.9. The number of imide groups is 1. The van der Waals surface area contributed by atoms with Crippen LogP contribution in [0.2, 0.25) is 0 Å². The van der Waals surface area contributed by atoms with Crippen molar-refractivity contribution in [3.8, 4) is 5.69 Å². The molecular formula is C15H13FN4O3. The molecule has 1 aromatic carbocycles. The standard InChI is InChI=1S/C15H13FN4O3/c16-10-2-3-13(20-5-1-4-17-20)11(8-10)18-12-9-14(22)19(6-7-21)15(12)23/h1-5,8-9,18,21H,6-7H2. The summed E-state index contributed by atoms with van der Waals surface area (Å²) in [6, 6.07) is 5.71. The van der Waals surface area contributed by atoms with E-state index in [0.717, 1.165) is 11.0 Å². The highest BCUT2D eigenvalue weighted by Crippen LogP contribution is 2.24. The van der Waals surface area contributed by atoms with Crippen LogP contribution in [0.15, 0.2) is 48.4 Å². The zero-order valence-corrected chi connectivity index (χ0v) is 11.9. The summed E-state index contributed by atoms with van der Waals surface area (Å²) < 4.78 is 15.1. The minimum atomic E-state index is -0.570. The number of hydrogen-bond donors (Lipinski definition) is 2. The number of β-amino-alcohol motifs (C(OH)–C–C–N with tert-alkyl or cyclic N) is 1. The second-order valence-corrected chi connectivity index (χ2v) is 4.81. The van der Waals surface area contributed by atoms with Gasteiger partial charge in [0.05, 0.1) is 24.5 Å². The van der Waals surface area contributed by atoms with Crippen molar-refractivity contribution in [2.75, 3.05) is 18.5 Å². The first-order valence-corrected chi connectivity index (χ1v) is 6.85. The van der Waals surface area contributed by atoms with Crippen molar-refractivity contribution in [3.63, 3.8) is 0 Å². The first-order chi connectivity index (χ1) is 11.1. The van der Waals surface area contributed by atoms with Crippen molar-refractivity contribution in [3.05, 3.63) is 54.2 Å². The van der Waals surface area contributed by atoms with Crippen molar-refractivity contribution >= 4 is 17.5 Å². The molecule has 1 aliphatic rings. The quantitative estimate of drug-likeness (QED) is 0.792. The van der Waals surface area contributed by atoms with Gasteiger partial charge in [-0.05, 0) is 24.3 Å². The molecule has 0 saturated heterocycles. The van der Waals surface area contributed by atoms with Crippen LogP contribution in [0.1, 0.15) is 0 Å². The van der Waals surface area contributed by atoms with Crippen LogP contribution in [0, 0.1) is 5.82 Å². The van der Waals surface area contributed by atoms with Crippen molar-refractivity contribution in [1.29, 1.82) is 0 Å². The Hall–Kier alpha value is -3.00. The summed E-state index contributed by atoms with van der Waals surface area (Å²) >= 11 is 0. The van der Waals surface area contributed by atoms with E-state index in [1.165, 1.54) is 22.9 Å². The van der Waals surface area contributed by atoms with Crippen LogP contribution >= 0.6 is 0 Å². The number of benzene rings is 1. The highest BCUT2D eigenvalue weighted by atomic mass is 19.1. The number of aromatic nitrogens is 2. The van der Waals surface area contributed by atoms with Crippen molar-refractivity contribution in [1.82, 2.24) is 14.7 Å². The molecule has 2 amide bonds. The number of carbonyl (C=O) groups is 2. The average molecular weight is 316 g/mol. The molecule has 2 heterocycles. The highest BCUT2D eigenvalue weighted by Gasteiger charge is 2.31. The second-order valence-electron chi connectivity index (χ2n) is 4.81. The van der Waals surface area contributed by atoms with E-state index in [1.54, 1.807) is 18.5 Å². The fourth-order valence-corrected chi connectivity index (χ4v) is 2.27. The lowest BCUT2D eigenvalue weighted by molar-refractivity contribution is -0.137. The first-order valence-electron chi connectivity index (χ1n) is 6.85. The Balaban J connectivity index is 1.92. The van der Waals surface area contributed by atoms with Gasteiger partial charge in [-0.2, -0.15) is 5.10 Å². The van der Waals surface area contributed by atoms with Gasteiger partial charge in [-0.15, -0.1) is 0 Å². The molecule has 1 aromatic heterocycles. The number of aliphatic hydroxyl groups excluding tert-OH is 1. The monoisotopic (exact) mass is 316 g/mol. The van der Waals surface area contributed by atoms with E-state index >= 15 is 0 Å². The maximum atomic E-state index is 13.5. The molecule has 7 nitrogen and oxygen atoms in total. The SMILES string of the molecule is O=C1C=C(Nc2cc(F)ccc2-n2cccn2)C(=O)N1CCO. The number of anilines is 1. The zero-order valence-electron chi connectivity index (χ0n) is 11.9. The lowest BCUT2D eigenvalue weighted by Crippen LogP contribution is -2.34. The minimum absolute atomic E-state index is 0.0162. The van der Waals surface area contributed by atoms with Gasteiger partial charge < -0.3 is 10.4 Å². The summed E-state index contributed by atoms with van der Waals surface area (Å²) in [5.41, 5.74) is 0.840. The zero-order chi connectivity index (χ0) is 16.4. The molecule has 8 heteroatoms. The van der Waals surface area contributed by atoms with Crippen molar-refractivity contribution in [2.24, 2.45) is 0 Å². The van der Waals surface area contributed by atoms with Crippen LogP contribution in [-0.2, 0) is 9.59 Å². The summed E-state index contributed by atoms with van der Waals surface area (Å²) in [7, 11) is 0. The van der Waals surface area contributed by atoms with Gasteiger partial charge in [0.2, 0.25) is 0 Å². The maximum absolute atomic E-state index is 13.5. The summed E-state index contributed by atoms with van der Waals surface area (Å²) in [6.07, 6.45) is 4.36. The Labute approximate surface area is 130 Å². The predicted molar refractivity (Wildman–Crippen MR) is 79.0 cm³/mol. The van der Waals surface area contributed by atoms with Gasteiger partial charge in [0.25, 0.3) is 11.8 Å². The van der Waals surface area contributed by atoms with Crippen LogP contribution in [-0.4, -0.2) is 44.8 Å². The van der Waals surface area contributed by atoms with Crippen LogP contribution in [0.5, 0.6) is 0 Å². The average Bonchev–Trinajstić information content (AvgIpc) is 3.13. The van der Waals surface area contributed by atoms with Gasteiger partial charge in [-0.25, -0.2) is 9.07 Å².